The van der Waals surface area contributed by atoms with Crippen molar-refractivity contribution in [3.05, 3.63) is 71.0 Å². The molecule has 0 fully saturated rings. The minimum atomic E-state index is 0.711. The normalized spacial score (nSPS) is 11.5. The number of rotatable bonds is 20. The molecular weight excluding hydrogens is 561 g/mol. The molecular formula is C35H47Cl2N5. The maximum absolute atomic E-state index is 6.19. The molecule has 226 valence electrons. The van der Waals surface area contributed by atoms with Crippen LogP contribution in [0.1, 0.15) is 77.6 Å². The predicted molar refractivity (Wildman–Crippen MR) is 183 cm³/mol. The van der Waals surface area contributed by atoms with E-state index in [4.69, 9.17) is 23.2 Å². The van der Waals surface area contributed by atoms with Crippen LogP contribution in [0.15, 0.2) is 60.9 Å². The highest BCUT2D eigenvalue weighted by atomic mass is 35.5. The molecule has 2 heterocycles. The summed E-state index contributed by atoms with van der Waals surface area (Å²) < 4.78 is 0. The fourth-order valence-corrected chi connectivity index (χ4v) is 5.92. The first-order valence-electron chi connectivity index (χ1n) is 15.9. The Labute approximate surface area is 262 Å². The number of nitrogens with zero attached hydrogens (tertiary/aromatic N) is 3. The molecule has 0 aliphatic carbocycles. The maximum Gasteiger partial charge on any atom is 0.0737 e. The van der Waals surface area contributed by atoms with E-state index in [1.54, 1.807) is 0 Å². The second-order valence-corrected chi connectivity index (χ2v) is 12.1. The largest absolute Gasteiger partial charge is 0.383 e. The van der Waals surface area contributed by atoms with Crippen molar-refractivity contribution in [2.24, 2.45) is 0 Å². The number of hydrogen-bond acceptors (Lipinski definition) is 5. The summed E-state index contributed by atoms with van der Waals surface area (Å²) in [6.07, 6.45) is 18.7. The lowest BCUT2D eigenvalue weighted by molar-refractivity contribution is 0.286. The van der Waals surface area contributed by atoms with Crippen molar-refractivity contribution in [3.8, 4) is 0 Å². The SMILES string of the molecule is CCCCCCCCCCCCCN(CCNc1ccnc2cc(Cl)ccc12)CCNc1ccnc2cc(Cl)ccc12. The van der Waals surface area contributed by atoms with Crippen molar-refractivity contribution in [3.63, 3.8) is 0 Å². The standard InChI is InChI=1S/C35H47Cl2N5/c1-2-3-4-5-6-7-8-9-10-11-12-23-42(24-21-40-32-17-19-38-34-26-28(36)13-15-30(32)34)25-22-41-33-18-20-39-35-27-29(37)14-16-31(33)35/h13-20,26-27H,2-12,21-25H2,1H3,(H,38,40)(H,39,41). The summed E-state index contributed by atoms with van der Waals surface area (Å²) in [7, 11) is 0. The average molecular weight is 609 g/mol. The minimum absolute atomic E-state index is 0.711. The van der Waals surface area contributed by atoms with Crippen LogP contribution < -0.4 is 10.6 Å². The van der Waals surface area contributed by atoms with Crippen LogP contribution in [-0.4, -0.2) is 47.6 Å². The number of benzene rings is 2. The molecule has 4 rings (SSSR count). The van der Waals surface area contributed by atoms with Gasteiger partial charge in [-0.25, -0.2) is 0 Å². The molecule has 2 N–H and O–H groups in total. The van der Waals surface area contributed by atoms with Crippen molar-refractivity contribution < 1.29 is 0 Å². The number of hydrogen-bond donors (Lipinski definition) is 2. The second-order valence-electron chi connectivity index (χ2n) is 11.3. The zero-order valence-corrected chi connectivity index (χ0v) is 26.7. The van der Waals surface area contributed by atoms with E-state index in [2.05, 4.69) is 32.4 Å². The molecule has 2 aromatic carbocycles. The second kappa shape index (κ2) is 18.1. The molecule has 5 nitrogen and oxygen atoms in total. The van der Waals surface area contributed by atoms with Gasteiger partial charge in [0.15, 0.2) is 0 Å². The summed E-state index contributed by atoms with van der Waals surface area (Å²) in [5, 5.41) is 10.9. The van der Waals surface area contributed by atoms with Crippen LogP contribution >= 0.6 is 23.2 Å². The van der Waals surface area contributed by atoms with Gasteiger partial charge in [-0.05, 0) is 61.5 Å². The zero-order valence-electron chi connectivity index (χ0n) is 25.2. The summed E-state index contributed by atoms with van der Waals surface area (Å²) in [5.41, 5.74) is 4.04. The van der Waals surface area contributed by atoms with Crippen molar-refractivity contribution in [2.75, 3.05) is 43.4 Å². The molecule has 7 heteroatoms. The third kappa shape index (κ3) is 10.6. The smallest absolute Gasteiger partial charge is 0.0737 e. The van der Waals surface area contributed by atoms with Crippen LogP contribution in [0, 0.1) is 0 Å². The Morgan fingerprint density at radius 1 is 0.571 bits per heavy atom. The summed E-state index contributed by atoms with van der Waals surface area (Å²) in [6, 6.07) is 15.9. The lowest BCUT2D eigenvalue weighted by atomic mass is 10.1. The molecule has 0 amide bonds. The summed E-state index contributed by atoms with van der Waals surface area (Å²) in [5.74, 6) is 0. The first-order valence-corrected chi connectivity index (χ1v) is 16.7. The summed E-state index contributed by atoms with van der Waals surface area (Å²) in [6.45, 7) is 7.09. The molecule has 4 aromatic rings. The number of fused-ring (bicyclic) bond motifs is 2. The molecule has 0 bridgehead atoms. The molecule has 0 radical (unpaired) electrons. The molecule has 0 saturated carbocycles. The molecule has 0 spiro atoms. The van der Waals surface area contributed by atoms with Gasteiger partial charge in [0, 0.05) is 70.8 Å². The molecule has 2 aromatic heterocycles. The molecule has 42 heavy (non-hydrogen) atoms. The van der Waals surface area contributed by atoms with E-state index < -0.39 is 0 Å². The Bertz CT molecular complexity index is 1270. The third-order valence-corrected chi connectivity index (χ3v) is 8.44. The first-order chi connectivity index (χ1) is 20.6. The van der Waals surface area contributed by atoms with Crippen LogP contribution in [-0.2, 0) is 0 Å². The highest BCUT2D eigenvalue weighted by molar-refractivity contribution is 6.31. The van der Waals surface area contributed by atoms with Gasteiger partial charge in [-0.3, -0.25) is 14.9 Å². The van der Waals surface area contributed by atoms with Crippen molar-refractivity contribution in [1.82, 2.24) is 14.9 Å². The van der Waals surface area contributed by atoms with Gasteiger partial charge in [0.05, 0.1) is 11.0 Å². The van der Waals surface area contributed by atoms with Gasteiger partial charge >= 0.3 is 0 Å². The van der Waals surface area contributed by atoms with Crippen molar-refractivity contribution >= 4 is 56.4 Å². The van der Waals surface area contributed by atoms with E-state index in [1.165, 1.54) is 70.6 Å². The number of anilines is 2. The molecule has 0 unspecified atom stereocenters. The van der Waals surface area contributed by atoms with Gasteiger partial charge < -0.3 is 10.6 Å². The lowest BCUT2D eigenvalue weighted by Crippen LogP contribution is -2.34. The Morgan fingerprint density at radius 2 is 1.02 bits per heavy atom. The van der Waals surface area contributed by atoms with Gasteiger partial charge in [0.25, 0.3) is 0 Å². The van der Waals surface area contributed by atoms with Gasteiger partial charge in [-0.2, -0.15) is 0 Å². The zero-order chi connectivity index (χ0) is 29.4. The van der Waals surface area contributed by atoms with E-state index in [1.807, 2.05) is 60.9 Å². The monoisotopic (exact) mass is 607 g/mol. The lowest BCUT2D eigenvalue weighted by Gasteiger charge is -2.23. The van der Waals surface area contributed by atoms with Gasteiger partial charge in [0.1, 0.15) is 0 Å². The number of aromatic nitrogens is 2. The first kappa shape index (κ1) is 32.3. The third-order valence-electron chi connectivity index (χ3n) is 7.97. The Morgan fingerprint density at radius 3 is 1.50 bits per heavy atom. The van der Waals surface area contributed by atoms with Gasteiger partial charge in [-0.15, -0.1) is 0 Å². The van der Waals surface area contributed by atoms with E-state index in [0.29, 0.717) is 10.0 Å². The minimum Gasteiger partial charge on any atom is -0.383 e. The summed E-state index contributed by atoms with van der Waals surface area (Å²) in [4.78, 5) is 11.5. The summed E-state index contributed by atoms with van der Waals surface area (Å²) >= 11 is 12.4. The quantitative estimate of drug-likeness (QED) is 0.0978. The van der Waals surface area contributed by atoms with Gasteiger partial charge in [-0.1, -0.05) is 94.3 Å². The average Bonchev–Trinajstić information content (AvgIpc) is 2.99. The number of unbranched alkanes of at least 4 members (excludes halogenated alkanes) is 10. The number of nitrogens with one attached hydrogen (secondary N) is 2. The van der Waals surface area contributed by atoms with E-state index in [-0.39, 0.29) is 0 Å². The van der Waals surface area contributed by atoms with Crippen LogP contribution in [0.2, 0.25) is 10.0 Å². The van der Waals surface area contributed by atoms with Gasteiger partial charge in [0.2, 0.25) is 0 Å². The maximum atomic E-state index is 6.19. The topological polar surface area (TPSA) is 53.1 Å². The Balaban J connectivity index is 1.25. The van der Waals surface area contributed by atoms with Crippen molar-refractivity contribution in [2.45, 2.75) is 77.6 Å². The van der Waals surface area contributed by atoms with Crippen LogP contribution in [0.4, 0.5) is 11.4 Å². The van der Waals surface area contributed by atoms with E-state index in [0.717, 1.165) is 65.9 Å². The number of pyridine rings is 2. The predicted octanol–water partition coefficient (Wildman–Crippen LogP) is 10.2. The van der Waals surface area contributed by atoms with Crippen LogP contribution in [0.25, 0.3) is 21.8 Å². The fourth-order valence-electron chi connectivity index (χ4n) is 5.58. The van der Waals surface area contributed by atoms with Crippen LogP contribution in [0.3, 0.4) is 0 Å². The molecule has 0 aliphatic heterocycles. The molecule has 0 saturated heterocycles. The highest BCUT2D eigenvalue weighted by Gasteiger charge is 2.08. The fraction of sp³-hybridized carbons (Fsp3) is 0.486. The Hall–Kier alpha value is -2.60. The van der Waals surface area contributed by atoms with E-state index in [9.17, 15) is 0 Å². The van der Waals surface area contributed by atoms with Crippen molar-refractivity contribution in [1.29, 1.82) is 0 Å². The Kier molecular flexibility index (Phi) is 14.0. The van der Waals surface area contributed by atoms with E-state index >= 15 is 0 Å². The highest BCUT2D eigenvalue weighted by Crippen LogP contribution is 2.25. The van der Waals surface area contributed by atoms with Crippen LogP contribution in [0.5, 0.6) is 0 Å². The molecule has 0 aliphatic rings. The number of halogens is 2. The molecule has 0 atom stereocenters.